The first-order chi connectivity index (χ1) is 16.4. The van der Waals surface area contributed by atoms with Crippen molar-refractivity contribution in [2.75, 3.05) is 6.54 Å². The number of para-hydroxylation sites is 1. The number of carbonyl (C=O) groups excluding carboxylic acids is 1. The molecule has 35 heavy (non-hydrogen) atoms. The molecular weight excluding hydrogens is 502 g/mol. The molecule has 0 N–H and O–H groups in total. The van der Waals surface area contributed by atoms with Crippen molar-refractivity contribution in [1.82, 2.24) is 14.5 Å². The second kappa shape index (κ2) is 11.1. The summed E-state index contributed by atoms with van der Waals surface area (Å²) in [6, 6.07) is 14.7. The Morgan fingerprint density at radius 2 is 1.66 bits per heavy atom. The molecule has 0 fully saturated rings. The van der Waals surface area contributed by atoms with Crippen LogP contribution in [0.15, 0.2) is 57.8 Å². The second-order valence-electron chi connectivity index (χ2n) is 11.3. The zero-order chi connectivity index (χ0) is 25.9. The molecule has 0 radical (unpaired) electrons. The molecule has 3 aromatic rings. The van der Waals surface area contributed by atoms with Gasteiger partial charge in [-0.05, 0) is 67.0 Å². The van der Waals surface area contributed by atoms with Gasteiger partial charge in [0.05, 0.1) is 22.6 Å². The average Bonchev–Trinajstić information content (AvgIpc) is 2.76. The number of halogens is 1. The van der Waals surface area contributed by atoms with E-state index in [9.17, 15) is 9.59 Å². The Bertz CT molecular complexity index is 1230. The normalized spacial score (nSPS) is 13.7. The smallest absolute Gasteiger partial charge is 0.266 e. The fourth-order valence-corrected chi connectivity index (χ4v) is 5.08. The second-order valence-corrected chi connectivity index (χ2v) is 12.2. The molecule has 5 nitrogen and oxygen atoms in total. The van der Waals surface area contributed by atoms with Crippen molar-refractivity contribution in [2.45, 2.75) is 67.3 Å². The van der Waals surface area contributed by atoms with Crippen LogP contribution in [0.1, 0.15) is 73.2 Å². The van der Waals surface area contributed by atoms with E-state index in [0.29, 0.717) is 29.7 Å². The van der Waals surface area contributed by atoms with E-state index in [1.807, 2.05) is 54.3 Å². The summed E-state index contributed by atoms with van der Waals surface area (Å²) in [6.45, 7) is 15.6. The van der Waals surface area contributed by atoms with Gasteiger partial charge in [0, 0.05) is 17.4 Å². The topological polar surface area (TPSA) is 55.2 Å². The van der Waals surface area contributed by atoms with Gasteiger partial charge < -0.3 is 4.90 Å². The minimum atomic E-state index is -0.368. The van der Waals surface area contributed by atoms with Crippen LogP contribution in [0, 0.1) is 17.3 Å². The molecule has 0 bridgehead atoms. The number of hydrogen-bond acceptors (Lipinski definition) is 3. The third-order valence-corrected chi connectivity index (χ3v) is 6.62. The highest BCUT2D eigenvalue weighted by Crippen LogP contribution is 2.29. The molecule has 2 unspecified atom stereocenters. The summed E-state index contributed by atoms with van der Waals surface area (Å²) in [5, 5.41) is 0.562. The first kappa shape index (κ1) is 27.1. The molecular formula is C29H38BrN3O2. The fraction of sp³-hybridized carbons (Fsp3) is 0.483. The zero-order valence-corrected chi connectivity index (χ0v) is 23.6. The summed E-state index contributed by atoms with van der Waals surface area (Å²) >= 11 is 3.48. The van der Waals surface area contributed by atoms with Crippen LogP contribution >= 0.6 is 15.9 Å². The Kier molecular flexibility index (Phi) is 8.58. The van der Waals surface area contributed by atoms with Crippen molar-refractivity contribution >= 4 is 32.7 Å². The van der Waals surface area contributed by atoms with E-state index in [-0.39, 0.29) is 34.8 Å². The maximum Gasteiger partial charge on any atom is 0.266 e. The number of aromatic nitrogens is 2. The minimum absolute atomic E-state index is 0.104. The average molecular weight is 541 g/mol. The molecule has 0 saturated carbocycles. The van der Waals surface area contributed by atoms with Crippen LogP contribution < -0.4 is 5.56 Å². The van der Waals surface area contributed by atoms with Gasteiger partial charge in [-0.1, -0.05) is 69.6 Å². The number of fused-ring (bicyclic) bond motifs is 1. The lowest BCUT2D eigenvalue weighted by atomic mass is 9.84. The summed E-state index contributed by atoms with van der Waals surface area (Å²) in [4.78, 5) is 34.2. The van der Waals surface area contributed by atoms with E-state index in [0.717, 1.165) is 16.6 Å². The zero-order valence-electron chi connectivity index (χ0n) is 22.0. The monoisotopic (exact) mass is 539 g/mol. The summed E-state index contributed by atoms with van der Waals surface area (Å²) in [5.41, 5.74) is 1.41. The van der Waals surface area contributed by atoms with Crippen LogP contribution in [0.2, 0.25) is 0 Å². The molecule has 1 heterocycles. The Morgan fingerprint density at radius 1 is 1.03 bits per heavy atom. The Hall–Kier alpha value is -2.47. The molecule has 2 atom stereocenters. The summed E-state index contributed by atoms with van der Waals surface area (Å²) in [5.74, 6) is 1.23. The van der Waals surface area contributed by atoms with Crippen LogP contribution in [0.5, 0.6) is 0 Å². The Balaban J connectivity index is 2.11. The van der Waals surface area contributed by atoms with Gasteiger partial charge in [0.2, 0.25) is 5.91 Å². The van der Waals surface area contributed by atoms with Gasteiger partial charge in [0.15, 0.2) is 0 Å². The lowest BCUT2D eigenvalue weighted by Gasteiger charge is -2.33. The van der Waals surface area contributed by atoms with Gasteiger partial charge in [0.1, 0.15) is 5.82 Å². The lowest BCUT2D eigenvalue weighted by molar-refractivity contribution is -0.135. The molecule has 0 aliphatic rings. The van der Waals surface area contributed by atoms with E-state index < -0.39 is 0 Å². The SMILES string of the molecule is CC(C)CN(C(=O)CC(C)CC(C)(C)C)C(C)c1nc2ccccc2c(=O)n1-c1ccc(Br)cc1. The third kappa shape index (κ3) is 6.81. The van der Waals surface area contributed by atoms with Crippen molar-refractivity contribution in [2.24, 2.45) is 17.3 Å². The molecule has 1 amide bonds. The van der Waals surface area contributed by atoms with Crippen molar-refractivity contribution in [3.05, 3.63) is 69.2 Å². The third-order valence-electron chi connectivity index (χ3n) is 6.09. The molecule has 3 rings (SSSR count). The van der Waals surface area contributed by atoms with Crippen molar-refractivity contribution in [1.29, 1.82) is 0 Å². The quantitative estimate of drug-likeness (QED) is 0.305. The van der Waals surface area contributed by atoms with E-state index in [2.05, 4.69) is 57.5 Å². The maximum absolute atomic E-state index is 13.7. The van der Waals surface area contributed by atoms with Crippen molar-refractivity contribution in [3.8, 4) is 5.69 Å². The predicted octanol–water partition coefficient (Wildman–Crippen LogP) is 7.16. The first-order valence-corrected chi connectivity index (χ1v) is 13.2. The standard InChI is InChI=1S/C29H38BrN3O2/c1-19(2)18-32(26(34)16-20(3)17-29(5,6)7)21(4)27-31-25-11-9-8-10-24(25)28(35)33(27)23-14-12-22(30)13-15-23/h8-15,19-21H,16-18H2,1-7H3. The highest BCUT2D eigenvalue weighted by atomic mass is 79.9. The fourth-order valence-electron chi connectivity index (χ4n) is 4.81. The molecule has 0 aliphatic heterocycles. The van der Waals surface area contributed by atoms with Gasteiger partial charge in [-0.15, -0.1) is 0 Å². The molecule has 0 spiro atoms. The first-order valence-electron chi connectivity index (χ1n) is 12.4. The number of carbonyl (C=O) groups is 1. The van der Waals surface area contributed by atoms with Crippen molar-refractivity contribution < 1.29 is 4.79 Å². The number of hydrogen-bond donors (Lipinski definition) is 0. The Morgan fingerprint density at radius 3 is 2.26 bits per heavy atom. The van der Waals surface area contributed by atoms with Crippen LogP contribution in [0.4, 0.5) is 0 Å². The van der Waals surface area contributed by atoms with E-state index >= 15 is 0 Å². The molecule has 0 saturated heterocycles. The van der Waals surface area contributed by atoms with Crippen molar-refractivity contribution in [3.63, 3.8) is 0 Å². The molecule has 2 aromatic carbocycles. The number of nitrogens with zero attached hydrogens (tertiary/aromatic N) is 3. The van der Waals surface area contributed by atoms with Crippen LogP contribution in [0.25, 0.3) is 16.6 Å². The van der Waals surface area contributed by atoms with Gasteiger partial charge in [-0.3, -0.25) is 14.2 Å². The highest BCUT2D eigenvalue weighted by molar-refractivity contribution is 9.10. The minimum Gasteiger partial charge on any atom is -0.333 e. The van der Waals surface area contributed by atoms with Gasteiger partial charge in [-0.25, -0.2) is 4.98 Å². The molecule has 188 valence electrons. The number of rotatable bonds is 8. The van der Waals surface area contributed by atoms with E-state index in [1.165, 1.54) is 0 Å². The van der Waals surface area contributed by atoms with Gasteiger partial charge in [-0.2, -0.15) is 0 Å². The maximum atomic E-state index is 13.7. The summed E-state index contributed by atoms with van der Waals surface area (Å²) < 4.78 is 2.60. The molecule has 0 aliphatic carbocycles. The Labute approximate surface area is 217 Å². The van der Waals surface area contributed by atoms with E-state index in [4.69, 9.17) is 4.98 Å². The predicted molar refractivity (Wildman–Crippen MR) is 148 cm³/mol. The van der Waals surface area contributed by atoms with E-state index in [1.54, 1.807) is 10.6 Å². The summed E-state index contributed by atoms with van der Waals surface area (Å²) in [6.07, 6.45) is 1.45. The van der Waals surface area contributed by atoms with Gasteiger partial charge >= 0.3 is 0 Å². The number of amides is 1. The van der Waals surface area contributed by atoms with Crippen LogP contribution in [0.3, 0.4) is 0 Å². The van der Waals surface area contributed by atoms with Gasteiger partial charge in [0.25, 0.3) is 5.56 Å². The number of benzene rings is 2. The lowest BCUT2D eigenvalue weighted by Crippen LogP contribution is -2.40. The summed E-state index contributed by atoms with van der Waals surface area (Å²) in [7, 11) is 0. The van der Waals surface area contributed by atoms with Crippen LogP contribution in [-0.2, 0) is 4.79 Å². The molecule has 1 aromatic heterocycles. The largest absolute Gasteiger partial charge is 0.333 e. The van der Waals surface area contributed by atoms with Crippen LogP contribution in [-0.4, -0.2) is 26.9 Å². The highest BCUT2D eigenvalue weighted by Gasteiger charge is 2.29. The molecule has 6 heteroatoms.